The predicted octanol–water partition coefficient (Wildman–Crippen LogP) is 3.77. The lowest BCUT2D eigenvalue weighted by atomic mass is 10.1. The fourth-order valence-electron chi connectivity index (χ4n) is 4.27. The summed E-state index contributed by atoms with van der Waals surface area (Å²) >= 11 is 0. The van der Waals surface area contributed by atoms with Gasteiger partial charge in [-0.25, -0.2) is 0 Å². The number of aryl methyl sites for hydroxylation is 2. The molecule has 0 saturated heterocycles. The van der Waals surface area contributed by atoms with Crippen LogP contribution in [0.4, 0.5) is 0 Å². The summed E-state index contributed by atoms with van der Waals surface area (Å²) < 4.78 is 6.05. The number of carbonyl (C=O) groups excluding carboxylic acids is 1. The molecule has 2 aliphatic rings. The van der Waals surface area contributed by atoms with Crippen molar-refractivity contribution < 1.29 is 9.53 Å². The molecule has 1 N–H and O–H groups in total. The standard InChI is InChI=1S/C23H28N2O2/c1-16-7-10-22-19(13-16)15-25(14-17(2)27-22)12-11-23(26)24-21-9-8-18-5-3-4-6-20(18)21/h3-7,10,13,17,21H,8-9,11-12,14-15H2,1-2H3,(H,24,26)/t17-,21+/m1/s1. The van der Waals surface area contributed by atoms with E-state index in [0.29, 0.717) is 6.42 Å². The van der Waals surface area contributed by atoms with E-state index in [9.17, 15) is 4.79 Å². The van der Waals surface area contributed by atoms with Gasteiger partial charge in [0.05, 0.1) is 6.04 Å². The summed E-state index contributed by atoms with van der Waals surface area (Å²) in [6.07, 6.45) is 2.70. The molecule has 1 aliphatic carbocycles. The maximum atomic E-state index is 12.5. The molecule has 1 amide bonds. The van der Waals surface area contributed by atoms with Crippen LogP contribution < -0.4 is 10.1 Å². The molecule has 0 spiro atoms. The Hall–Kier alpha value is -2.33. The van der Waals surface area contributed by atoms with E-state index in [0.717, 1.165) is 38.2 Å². The maximum Gasteiger partial charge on any atom is 0.221 e. The molecular weight excluding hydrogens is 336 g/mol. The van der Waals surface area contributed by atoms with Crippen molar-refractivity contribution in [3.8, 4) is 5.75 Å². The van der Waals surface area contributed by atoms with Gasteiger partial charge in [0.2, 0.25) is 5.91 Å². The number of nitrogens with zero attached hydrogens (tertiary/aromatic N) is 1. The normalized spacial score (nSPS) is 21.7. The average molecular weight is 364 g/mol. The van der Waals surface area contributed by atoms with E-state index in [1.807, 2.05) is 0 Å². The van der Waals surface area contributed by atoms with E-state index in [-0.39, 0.29) is 18.1 Å². The van der Waals surface area contributed by atoms with Gasteiger partial charge in [0.1, 0.15) is 11.9 Å². The van der Waals surface area contributed by atoms with Crippen LogP contribution in [0, 0.1) is 6.92 Å². The maximum absolute atomic E-state index is 12.5. The zero-order chi connectivity index (χ0) is 18.8. The number of fused-ring (bicyclic) bond motifs is 2. The number of amides is 1. The van der Waals surface area contributed by atoms with Crippen LogP contribution >= 0.6 is 0 Å². The SMILES string of the molecule is Cc1ccc2c(c1)CN(CCC(=O)N[C@H]1CCc3ccccc31)C[C@@H](C)O2. The minimum atomic E-state index is 0.124. The molecule has 0 aromatic heterocycles. The summed E-state index contributed by atoms with van der Waals surface area (Å²) in [7, 11) is 0. The van der Waals surface area contributed by atoms with E-state index in [1.54, 1.807) is 0 Å². The monoisotopic (exact) mass is 364 g/mol. The number of benzene rings is 2. The molecule has 0 radical (unpaired) electrons. The summed E-state index contributed by atoms with van der Waals surface area (Å²) in [5, 5.41) is 3.23. The molecule has 4 rings (SSSR count). The first kappa shape index (κ1) is 18.1. The molecule has 4 heteroatoms. The molecule has 4 nitrogen and oxygen atoms in total. The van der Waals surface area contributed by atoms with Crippen molar-refractivity contribution in [3.05, 3.63) is 64.7 Å². The number of nitrogens with one attached hydrogen (secondary N) is 1. The molecule has 2 aromatic rings. The van der Waals surface area contributed by atoms with Gasteiger partial charge in [0.15, 0.2) is 0 Å². The summed E-state index contributed by atoms with van der Waals surface area (Å²) in [6.45, 7) is 6.62. The Kier molecular flexibility index (Phi) is 5.17. The van der Waals surface area contributed by atoms with E-state index in [4.69, 9.17) is 4.74 Å². The van der Waals surface area contributed by atoms with Crippen LogP contribution in [0.25, 0.3) is 0 Å². The first-order valence-corrected chi connectivity index (χ1v) is 9.94. The van der Waals surface area contributed by atoms with E-state index in [2.05, 4.69) is 66.5 Å². The molecule has 2 aromatic carbocycles. The predicted molar refractivity (Wildman–Crippen MR) is 107 cm³/mol. The van der Waals surface area contributed by atoms with Crippen LogP contribution in [-0.2, 0) is 17.8 Å². The molecule has 1 aliphatic heterocycles. The lowest BCUT2D eigenvalue weighted by Gasteiger charge is -2.22. The topological polar surface area (TPSA) is 41.6 Å². The fraction of sp³-hybridized carbons (Fsp3) is 0.435. The van der Waals surface area contributed by atoms with Crippen LogP contribution in [-0.4, -0.2) is 30.0 Å². The molecular formula is C23H28N2O2. The highest BCUT2D eigenvalue weighted by Crippen LogP contribution is 2.31. The van der Waals surface area contributed by atoms with Gasteiger partial charge < -0.3 is 10.1 Å². The van der Waals surface area contributed by atoms with E-state index >= 15 is 0 Å². The van der Waals surface area contributed by atoms with Crippen LogP contribution in [0.3, 0.4) is 0 Å². The minimum Gasteiger partial charge on any atom is -0.489 e. The first-order chi connectivity index (χ1) is 13.1. The second-order valence-corrected chi connectivity index (χ2v) is 7.88. The van der Waals surface area contributed by atoms with Crippen LogP contribution in [0.1, 0.15) is 48.1 Å². The Morgan fingerprint density at radius 3 is 2.96 bits per heavy atom. The Bertz CT molecular complexity index is 833. The van der Waals surface area contributed by atoms with Gasteiger partial charge in [-0.05, 0) is 43.9 Å². The van der Waals surface area contributed by atoms with Crippen LogP contribution in [0.5, 0.6) is 5.75 Å². The van der Waals surface area contributed by atoms with Crippen molar-refractivity contribution >= 4 is 5.91 Å². The molecule has 142 valence electrons. The Morgan fingerprint density at radius 2 is 2.07 bits per heavy atom. The Morgan fingerprint density at radius 1 is 1.22 bits per heavy atom. The second kappa shape index (κ2) is 7.73. The van der Waals surface area contributed by atoms with Crippen molar-refractivity contribution in [2.75, 3.05) is 13.1 Å². The highest BCUT2D eigenvalue weighted by atomic mass is 16.5. The van der Waals surface area contributed by atoms with Crippen molar-refractivity contribution in [1.29, 1.82) is 0 Å². The third kappa shape index (κ3) is 4.16. The number of carbonyl (C=O) groups is 1. The van der Waals surface area contributed by atoms with Gasteiger partial charge in [-0.3, -0.25) is 9.69 Å². The molecule has 0 saturated carbocycles. The van der Waals surface area contributed by atoms with Crippen molar-refractivity contribution in [3.63, 3.8) is 0 Å². The van der Waals surface area contributed by atoms with Gasteiger partial charge in [-0.15, -0.1) is 0 Å². The summed E-state index contributed by atoms with van der Waals surface area (Å²) in [5.41, 5.74) is 5.11. The number of rotatable bonds is 4. The van der Waals surface area contributed by atoms with E-state index in [1.165, 1.54) is 22.3 Å². The first-order valence-electron chi connectivity index (χ1n) is 9.94. The smallest absolute Gasteiger partial charge is 0.221 e. The van der Waals surface area contributed by atoms with E-state index < -0.39 is 0 Å². The molecule has 1 heterocycles. The number of ether oxygens (including phenoxy) is 1. The summed E-state index contributed by atoms with van der Waals surface area (Å²) in [5.74, 6) is 1.11. The molecule has 0 unspecified atom stereocenters. The van der Waals surface area contributed by atoms with Gasteiger partial charge in [-0.2, -0.15) is 0 Å². The highest BCUT2D eigenvalue weighted by Gasteiger charge is 2.24. The zero-order valence-corrected chi connectivity index (χ0v) is 16.2. The molecule has 2 atom stereocenters. The van der Waals surface area contributed by atoms with Gasteiger partial charge >= 0.3 is 0 Å². The van der Waals surface area contributed by atoms with Gasteiger partial charge in [-0.1, -0.05) is 42.0 Å². The average Bonchev–Trinajstić information content (AvgIpc) is 2.97. The largest absolute Gasteiger partial charge is 0.489 e. The Balaban J connectivity index is 1.35. The lowest BCUT2D eigenvalue weighted by molar-refractivity contribution is -0.122. The van der Waals surface area contributed by atoms with Crippen molar-refractivity contribution in [2.24, 2.45) is 0 Å². The Labute approximate surface area is 161 Å². The van der Waals surface area contributed by atoms with Crippen molar-refractivity contribution in [1.82, 2.24) is 10.2 Å². The molecule has 27 heavy (non-hydrogen) atoms. The van der Waals surface area contributed by atoms with Gasteiger partial charge in [0.25, 0.3) is 0 Å². The lowest BCUT2D eigenvalue weighted by Crippen LogP contribution is -2.35. The fourth-order valence-corrected chi connectivity index (χ4v) is 4.27. The number of hydrogen-bond acceptors (Lipinski definition) is 3. The highest BCUT2D eigenvalue weighted by molar-refractivity contribution is 5.76. The summed E-state index contributed by atoms with van der Waals surface area (Å²) in [6, 6.07) is 15.0. The third-order valence-corrected chi connectivity index (χ3v) is 5.58. The second-order valence-electron chi connectivity index (χ2n) is 7.88. The van der Waals surface area contributed by atoms with Crippen molar-refractivity contribution in [2.45, 2.75) is 51.8 Å². The van der Waals surface area contributed by atoms with Crippen LogP contribution in [0.2, 0.25) is 0 Å². The minimum absolute atomic E-state index is 0.124. The van der Waals surface area contributed by atoms with Crippen LogP contribution in [0.15, 0.2) is 42.5 Å². The molecule has 0 fully saturated rings. The quantitative estimate of drug-likeness (QED) is 0.898. The third-order valence-electron chi connectivity index (χ3n) is 5.58. The van der Waals surface area contributed by atoms with Gasteiger partial charge in [0, 0.05) is 31.6 Å². The summed E-state index contributed by atoms with van der Waals surface area (Å²) in [4.78, 5) is 14.9. The zero-order valence-electron chi connectivity index (χ0n) is 16.2. The number of hydrogen-bond donors (Lipinski definition) is 1. The molecule has 0 bridgehead atoms.